The molecule has 0 spiro atoms. The maximum atomic E-state index is 12.1. The molecule has 5 nitrogen and oxygen atoms in total. The van der Waals surface area contributed by atoms with Gasteiger partial charge in [-0.05, 0) is 30.2 Å². The maximum absolute atomic E-state index is 12.1. The predicted molar refractivity (Wildman–Crippen MR) is 90.0 cm³/mol. The van der Waals surface area contributed by atoms with Crippen LogP contribution in [0.1, 0.15) is 18.4 Å². The molecule has 1 aliphatic heterocycles. The van der Waals surface area contributed by atoms with E-state index >= 15 is 0 Å². The van der Waals surface area contributed by atoms with Gasteiger partial charge in [0.1, 0.15) is 0 Å². The van der Waals surface area contributed by atoms with Crippen molar-refractivity contribution in [1.29, 1.82) is 0 Å². The molecule has 3 rings (SSSR count). The SMILES string of the molecule is CN(CCO)C(=O)N[C@@H]1CC[C@H]2CN(Cc3ccccc3)C[C@H]21. The highest BCUT2D eigenvalue weighted by Crippen LogP contribution is 2.38. The second-order valence-corrected chi connectivity index (χ2v) is 6.88. The Bertz CT molecular complexity index is 522. The molecule has 2 amide bonds. The van der Waals surface area contributed by atoms with Crippen LogP contribution >= 0.6 is 0 Å². The van der Waals surface area contributed by atoms with Gasteiger partial charge in [0.25, 0.3) is 0 Å². The Hall–Kier alpha value is -1.59. The number of benzene rings is 1. The molecule has 5 heteroatoms. The van der Waals surface area contributed by atoms with E-state index in [0.717, 1.165) is 26.1 Å². The lowest BCUT2D eigenvalue weighted by atomic mass is 9.98. The molecule has 2 N–H and O–H groups in total. The number of amides is 2. The van der Waals surface area contributed by atoms with Crippen molar-refractivity contribution >= 4 is 6.03 Å². The highest BCUT2D eigenvalue weighted by Gasteiger charge is 2.43. The number of nitrogens with zero attached hydrogens (tertiary/aromatic N) is 2. The second kappa shape index (κ2) is 7.32. The Morgan fingerprint density at radius 3 is 2.83 bits per heavy atom. The largest absolute Gasteiger partial charge is 0.395 e. The summed E-state index contributed by atoms with van der Waals surface area (Å²) in [6, 6.07) is 10.8. The highest BCUT2D eigenvalue weighted by atomic mass is 16.3. The Labute approximate surface area is 138 Å². The van der Waals surface area contributed by atoms with Crippen LogP contribution in [0.3, 0.4) is 0 Å². The van der Waals surface area contributed by atoms with E-state index in [4.69, 9.17) is 5.11 Å². The van der Waals surface area contributed by atoms with Crippen molar-refractivity contribution in [2.24, 2.45) is 11.8 Å². The predicted octanol–water partition coefficient (Wildman–Crippen LogP) is 1.53. The second-order valence-electron chi connectivity index (χ2n) is 6.88. The summed E-state index contributed by atoms with van der Waals surface area (Å²) >= 11 is 0. The fourth-order valence-corrected chi connectivity index (χ4v) is 4.03. The molecule has 1 saturated heterocycles. The zero-order valence-electron chi connectivity index (χ0n) is 13.8. The van der Waals surface area contributed by atoms with Crippen LogP contribution in [-0.2, 0) is 6.54 Å². The topological polar surface area (TPSA) is 55.8 Å². The summed E-state index contributed by atoms with van der Waals surface area (Å²) in [5, 5.41) is 12.1. The van der Waals surface area contributed by atoms with Crippen molar-refractivity contribution in [2.75, 3.05) is 33.3 Å². The van der Waals surface area contributed by atoms with Gasteiger partial charge in [-0.3, -0.25) is 4.90 Å². The molecule has 23 heavy (non-hydrogen) atoms. The number of hydrogen-bond donors (Lipinski definition) is 2. The molecular weight excluding hydrogens is 290 g/mol. The zero-order valence-corrected chi connectivity index (χ0v) is 13.8. The van der Waals surface area contributed by atoms with Crippen LogP contribution in [0.15, 0.2) is 30.3 Å². The van der Waals surface area contributed by atoms with E-state index in [1.165, 1.54) is 12.0 Å². The average molecular weight is 317 g/mol. The maximum Gasteiger partial charge on any atom is 0.317 e. The van der Waals surface area contributed by atoms with Crippen molar-refractivity contribution in [3.63, 3.8) is 0 Å². The third-order valence-electron chi connectivity index (χ3n) is 5.27. The lowest BCUT2D eigenvalue weighted by Crippen LogP contribution is -2.46. The van der Waals surface area contributed by atoms with E-state index in [1.54, 1.807) is 11.9 Å². The first kappa shape index (κ1) is 16.3. The molecule has 0 radical (unpaired) electrons. The van der Waals surface area contributed by atoms with E-state index in [9.17, 15) is 4.79 Å². The standard InChI is InChI=1S/C18H27N3O2/c1-20(9-10-22)18(23)19-17-8-7-15-12-21(13-16(15)17)11-14-5-3-2-4-6-14/h2-6,15-17,22H,7-13H2,1H3,(H,19,23)/t15-,16+,17+/m0/s1. The third kappa shape index (κ3) is 3.85. The summed E-state index contributed by atoms with van der Waals surface area (Å²) in [6.45, 7) is 3.59. The van der Waals surface area contributed by atoms with E-state index < -0.39 is 0 Å². The van der Waals surface area contributed by atoms with Crippen LogP contribution in [-0.4, -0.2) is 60.3 Å². The number of aliphatic hydroxyl groups is 1. The number of fused-ring (bicyclic) bond motifs is 1. The number of likely N-dealkylation sites (tertiary alicyclic amines) is 1. The molecule has 1 heterocycles. The van der Waals surface area contributed by atoms with Crippen LogP contribution in [0, 0.1) is 11.8 Å². The Morgan fingerprint density at radius 2 is 2.09 bits per heavy atom. The average Bonchev–Trinajstić information content (AvgIpc) is 3.10. The van der Waals surface area contributed by atoms with Crippen LogP contribution in [0.25, 0.3) is 0 Å². The zero-order chi connectivity index (χ0) is 16.2. The van der Waals surface area contributed by atoms with Gasteiger partial charge in [0.15, 0.2) is 0 Å². The number of aliphatic hydroxyl groups excluding tert-OH is 1. The van der Waals surface area contributed by atoms with Crippen molar-refractivity contribution in [1.82, 2.24) is 15.1 Å². The van der Waals surface area contributed by atoms with E-state index in [0.29, 0.717) is 18.4 Å². The third-order valence-corrected chi connectivity index (χ3v) is 5.27. The molecule has 1 aliphatic carbocycles. The summed E-state index contributed by atoms with van der Waals surface area (Å²) in [6.07, 6.45) is 2.28. The van der Waals surface area contributed by atoms with Crippen molar-refractivity contribution in [3.05, 3.63) is 35.9 Å². The molecule has 1 aromatic carbocycles. The summed E-state index contributed by atoms with van der Waals surface area (Å²) in [7, 11) is 1.73. The fraction of sp³-hybridized carbons (Fsp3) is 0.611. The van der Waals surface area contributed by atoms with Crippen molar-refractivity contribution in [3.8, 4) is 0 Å². The quantitative estimate of drug-likeness (QED) is 0.866. The molecule has 2 fully saturated rings. The van der Waals surface area contributed by atoms with E-state index in [2.05, 4.69) is 40.5 Å². The number of likely N-dealkylation sites (N-methyl/N-ethyl adjacent to an activating group) is 1. The van der Waals surface area contributed by atoms with Crippen molar-refractivity contribution < 1.29 is 9.90 Å². The van der Waals surface area contributed by atoms with Gasteiger partial charge in [0.2, 0.25) is 0 Å². The first-order chi connectivity index (χ1) is 11.2. The smallest absolute Gasteiger partial charge is 0.317 e. The number of carbonyl (C=O) groups is 1. The normalized spacial score (nSPS) is 27.0. The molecule has 2 aliphatic rings. The van der Waals surface area contributed by atoms with Gasteiger partial charge in [-0.1, -0.05) is 30.3 Å². The minimum atomic E-state index is -0.0637. The summed E-state index contributed by atoms with van der Waals surface area (Å²) in [5.41, 5.74) is 1.36. The van der Waals surface area contributed by atoms with E-state index in [1.807, 2.05) is 0 Å². The van der Waals surface area contributed by atoms with E-state index in [-0.39, 0.29) is 18.7 Å². The van der Waals surface area contributed by atoms with Crippen LogP contribution < -0.4 is 5.32 Å². The molecule has 0 aromatic heterocycles. The monoisotopic (exact) mass is 317 g/mol. The number of nitrogens with one attached hydrogen (secondary N) is 1. The Kier molecular flexibility index (Phi) is 5.18. The Balaban J connectivity index is 1.53. The highest BCUT2D eigenvalue weighted by molar-refractivity contribution is 5.74. The summed E-state index contributed by atoms with van der Waals surface area (Å²) < 4.78 is 0. The summed E-state index contributed by atoms with van der Waals surface area (Å²) in [5.74, 6) is 1.26. The van der Waals surface area contributed by atoms with Gasteiger partial charge in [-0.15, -0.1) is 0 Å². The van der Waals surface area contributed by atoms with Gasteiger partial charge in [0, 0.05) is 39.3 Å². The fourth-order valence-electron chi connectivity index (χ4n) is 4.03. The lowest BCUT2D eigenvalue weighted by molar-refractivity contribution is 0.183. The molecule has 0 unspecified atom stereocenters. The van der Waals surface area contributed by atoms with Gasteiger partial charge in [0.05, 0.1) is 6.61 Å². The minimum Gasteiger partial charge on any atom is -0.395 e. The molecule has 1 saturated carbocycles. The van der Waals surface area contributed by atoms with Crippen molar-refractivity contribution in [2.45, 2.75) is 25.4 Å². The number of hydrogen-bond acceptors (Lipinski definition) is 3. The number of carbonyl (C=O) groups excluding carboxylic acids is 1. The molecule has 126 valence electrons. The van der Waals surface area contributed by atoms with Gasteiger partial charge in [-0.25, -0.2) is 4.79 Å². The summed E-state index contributed by atoms with van der Waals surface area (Å²) in [4.78, 5) is 16.2. The number of rotatable bonds is 5. The van der Waals surface area contributed by atoms with Gasteiger partial charge >= 0.3 is 6.03 Å². The lowest BCUT2D eigenvalue weighted by Gasteiger charge is -2.25. The van der Waals surface area contributed by atoms with Crippen LogP contribution in [0.5, 0.6) is 0 Å². The van der Waals surface area contributed by atoms with Gasteiger partial charge < -0.3 is 15.3 Å². The minimum absolute atomic E-state index is 0.00545. The Morgan fingerprint density at radius 1 is 1.30 bits per heavy atom. The van der Waals surface area contributed by atoms with Gasteiger partial charge in [-0.2, -0.15) is 0 Å². The first-order valence-corrected chi connectivity index (χ1v) is 8.56. The van der Waals surface area contributed by atoms with Crippen LogP contribution in [0.2, 0.25) is 0 Å². The molecular formula is C18H27N3O2. The number of urea groups is 1. The van der Waals surface area contributed by atoms with Crippen LogP contribution in [0.4, 0.5) is 4.79 Å². The molecule has 3 atom stereocenters. The molecule has 0 bridgehead atoms. The first-order valence-electron chi connectivity index (χ1n) is 8.56. The molecule has 1 aromatic rings.